The molecule has 4 N–H and O–H groups in total. The van der Waals surface area contributed by atoms with E-state index in [4.69, 9.17) is 22.1 Å². The van der Waals surface area contributed by atoms with Crippen molar-refractivity contribution < 1.29 is 14.9 Å². The minimum Gasteiger partial charge on any atom is -0.394 e. The van der Waals surface area contributed by atoms with E-state index in [-0.39, 0.29) is 17.7 Å². The van der Waals surface area contributed by atoms with Gasteiger partial charge in [-0.05, 0) is 11.6 Å². The van der Waals surface area contributed by atoms with Crippen LogP contribution in [0.2, 0.25) is 5.28 Å². The molecule has 1 fully saturated rings. The zero-order valence-electron chi connectivity index (χ0n) is 13.4. The van der Waals surface area contributed by atoms with E-state index in [1.165, 1.54) is 10.9 Å². The molecule has 0 saturated carbocycles. The number of nitrogens with two attached hydrogens (primary N) is 1. The largest absolute Gasteiger partial charge is 0.394 e. The van der Waals surface area contributed by atoms with E-state index < -0.39 is 23.2 Å². The van der Waals surface area contributed by atoms with Crippen LogP contribution in [0.3, 0.4) is 0 Å². The van der Waals surface area contributed by atoms with Gasteiger partial charge in [0.2, 0.25) is 5.28 Å². The predicted molar refractivity (Wildman–Crippen MR) is 99.0 cm³/mol. The summed E-state index contributed by atoms with van der Waals surface area (Å²) in [6, 6.07) is 9.16. The van der Waals surface area contributed by atoms with Gasteiger partial charge in [0.1, 0.15) is 12.4 Å². The summed E-state index contributed by atoms with van der Waals surface area (Å²) in [7, 11) is 0. The molecule has 26 heavy (non-hydrogen) atoms. The van der Waals surface area contributed by atoms with Crippen molar-refractivity contribution >= 4 is 41.2 Å². The third kappa shape index (κ3) is 2.32. The SMILES string of the molecule is Nc1ncnc2c1nc(Cl)n2[C@]1(c2ccccc2)O[C@H](CO)[C@@H](O)[C@H]1S. The maximum absolute atomic E-state index is 10.6. The van der Waals surface area contributed by atoms with Crippen LogP contribution in [0.25, 0.3) is 11.2 Å². The number of hydrogen-bond donors (Lipinski definition) is 4. The van der Waals surface area contributed by atoms with Crippen molar-refractivity contribution in [1.82, 2.24) is 19.5 Å². The summed E-state index contributed by atoms with van der Waals surface area (Å²) >= 11 is 11.0. The van der Waals surface area contributed by atoms with Gasteiger partial charge in [0.25, 0.3) is 0 Å². The van der Waals surface area contributed by atoms with Gasteiger partial charge in [-0.2, -0.15) is 12.6 Å². The first kappa shape index (κ1) is 17.5. The van der Waals surface area contributed by atoms with E-state index in [1.54, 1.807) is 0 Å². The summed E-state index contributed by atoms with van der Waals surface area (Å²) in [6.07, 6.45) is -0.602. The van der Waals surface area contributed by atoms with Crippen molar-refractivity contribution in [3.63, 3.8) is 0 Å². The number of ether oxygens (including phenoxy) is 1. The van der Waals surface area contributed by atoms with Gasteiger partial charge in [-0.15, -0.1) is 0 Å². The average Bonchev–Trinajstić information content (AvgIpc) is 3.12. The van der Waals surface area contributed by atoms with Crippen molar-refractivity contribution in [2.45, 2.75) is 23.2 Å². The third-order valence-electron chi connectivity index (χ3n) is 4.57. The Morgan fingerprint density at radius 3 is 2.69 bits per heavy atom. The Morgan fingerprint density at radius 2 is 2.04 bits per heavy atom. The summed E-state index contributed by atoms with van der Waals surface area (Å²) in [5.41, 5.74) is 5.89. The Kier molecular flexibility index (Phi) is 4.28. The number of rotatable bonds is 3. The number of nitrogens with zero attached hydrogens (tertiary/aromatic N) is 4. The molecule has 8 nitrogen and oxygen atoms in total. The van der Waals surface area contributed by atoms with E-state index in [1.807, 2.05) is 30.3 Å². The number of benzene rings is 1. The van der Waals surface area contributed by atoms with Crippen LogP contribution in [0.1, 0.15) is 5.56 Å². The van der Waals surface area contributed by atoms with Crippen molar-refractivity contribution in [2.75, 3.05) is 12.3 Å². The fourth-order valence-corrected chi connectivity index (χ4v) is 4.17. The first-order valence-corrected chi connectivity index (χ1v) is 8.75. The van der Waals surface area contributed by atoms with Gasteiger partial charge < -0.3 is 20.7 Å². The highest BCUT2D eigenvalue weighted by Gasteiger charge is 2.57. The minimum atomic E-state index is -1.34. The first-order chi connectivity index (χ1) is 12.5. The minimum absolute atomic E-state index is 0.0564. The number of aromatic nitrogens is 4. The van der Waals surface area contributed by atoms with Crippen LogP contribution in [-0.4, -0.2) is 53.8 Å². The molecule has 1 aliphatic heterocycles. The molecule has 0 bridgehead atoms. The Morgan fingerprint density at radius 1 is 1.31 bits per heavy atom. The van der Waals surface area contributed by atoms with E-state index in [9.17, 15) is 10.2 Å². The average molecular weight is 394 g/mol. The number of aliphatic hydroxyl groups is 2. The molecule has 136 valence electrons. The van der Waals surface area contributed by atoms with Crippen molar-refractivity contribution in [1.29, 1.82) is 0 Å². The number of fused-ring (bicyclic) bond motifs is 1. The second-order valence-electron chi connectivity index (χ2n) is 5.98. The smallest absolute Gasteiger partial charge is 0.207 e. The number of aliphatic hydroxyl groups excluding tert-OH is 2. The van der Waals surface area contributed by atoms with Crippen LogP contribution in [-0.2, 0) is 10.5 Å². The Balaban J connectivity index is 2.06. The second kappa shape index (κ2) is 6.36. The molecule has 0 aliphatic carbocycles. The summed E-state index contributed by atoms with van der Waals surface area (Å²) < 4.78 is 7.68. The monoisotopic (exact) mass is 393 g/mol. The molecule has 0 radical (unpaired) electrons. The van der Waals surface area contributed by atoms with Gasteiger partial charge in [-0.25, -0.2) is 15.0 Å². The van der Waals surface area contributed by atoms with Crippen LogP contribution in [0, 0.1) is 0 Å². The first-order valence-electron chi connectivity index (χ1n) is 7.86. The van der Waals surface area contributed by atoms with Gasteiger partial charge >= 0.3 is 0 Å². The summed E-state index contributed by atoms with van der Waals surface area (Å²) in [4.78, 5) is 12.4. The zero-order valence-corrected chi connectivity index (χ0v) is 15.0. The maximum atomic E-state index is 10.6. The summed E-state index contributed by atoms with van der Waals surface area (Å²) in [5, 5.41) is 19.5. The van der Waals surface area contributed by atoms with Crippen LogP contribution in [0.5, 0.6) is 0 Å². The maximum Gasteiger partial charge on any atom is 0.207 e. The standard InChI is InChI=1S/C16H16ClN5O3S/c17-15-21-10-13(18)19-7-20-14(10)22(15)16(8-4-2-1-3-5-8)12(26)11(24)9(6-23)25-16/h1-5,7,9,11-12,23-24,26H,6H2,(H2,18,19,20)/t9-,11-,12-,16-/m1/s1. The molecule has 10 heteroatoms. The van der Waals surface area contributed by atoms with Gasteiger partial charge in [0.05, 0.1) is 18.0 Å². The van der Waals surface area contributed by atoms with Gasteiger partial charge in [-0.1, -0.05) is 30.3 Å². The van der Waals surface area contributed by atoms with Gasteiger partial charge in [-0.3, -0.25) is 4.57 Å². The van der Waals surface area contributed by atoms with Crippen molar-refractivity contribution in [3.8, 4) is 0 Å². The molecule has 3 aromatic rings. The molecule has 0 unspecified atom stereocenters. The van der Waals surface area contributed by atoms with Gasteiger partial charge in [0.15, 0.2) is 22.7 Å². The molecule has 4 rings (SSSR count). The number of thiol groups is 1. The second-order valence-corrected chi connectivity index (χ2v) is 6.88. The predicted octanol–water partition coefficient (Wildman–Crippen LogP) is 0.813. The highest BCUT2D eigenvalue weighted by Crippen LogP contribution is 2.46. The fraction of sp³-hybridized carbons (Fsp3) is 0.312. The highest BCUT2D eigenvalue weighted by atomic mass is 35.5. The molecule has 1 saturated heterocycles. The quantitative estimate of drug-likeness (QED) is 0.384. The van der Waals surface area contributed by atoms with Crippen LogP contribution < -0.4 is 5.73 Å². The van der Waals surface area contributed by atoms with Crippen LogP contribution >= 0.6 is 24.2 Å². The number of halogens is 1. The molecule has 4 atom stereocenters. The molecule has 1 aromatic carbocycles. The van der Waals surface area contributed by atoms with Crippen molar-refractivity contribution in [2.24, 2.45) is 0 Å². The normalized spacial score (nSPS) is 28.7. The number of hydrogen-bond acceptors (Lipinski definition) is 8. The van der Waals surface area contributed by atoms with Gasteiger partial charge in [0, 0.05) is 5.56 Å². The Hall–Kier alpha value is -1.91. The molecule has 2 aromatic heterocycles. The molecule has 0 spiro atoms. The number of imidazole rings is 1. The summed E-state index contributed by atoms with van der Waals surface area (Å²) in [5.74, 6) is 0.173. The lowest BCUT2D eigenvalue weighted by Crippen LogP contribution is -2.44. The Labute approximate surface area is 159 Å². The van der Waals surface area contributed by atoms with Crippen molar-refractivity contribution in [3.05, 3.63) is 47.5 Å². The molecule has 3 heterocycles. The molecule has 0 amide bonds. The topological polar surface area (TPSA) is 119 Å². The molecule has 1 aliphatic rings. The number of nitrogen functional groups attached to an aromatic ring is 1. The number of anilines is 1. The zero-order chi connectivity index (χ0) is 18.5. The molecular formula is C16H16ClN5O3S. The summed E-state index contributed by atoms with van der Waals surface area (Å²) in [6.45, 7) is -0.381. The molecular weight excluding hydrogens is 378 g/mol. The van der Waals surface area contributed by atoms with E-state index in [0.29, 0.717) is 16.7 Å². The van der Waals surface area contributed by atoms with E-state index in [0.717, 1.165) is 0 Å². The lowest BCUT2D eigenvalue weighted by Gasteiger charge is -2.35. The lowest BCUT2D eigenvalue weighted by molar-refractivity contribution is -0.0887. The van der Waals surface area contributed by atoms with Crippen LogP contribution in [0.15, 0.2) is 36.7 Å². The Bertz CT molecular complexity index is 956. The highest BCUT2D eigenvalue weighted by molar-refractivity contribution is 7.81. The van der Waals surface area contributed by atoms with Crippen LogP contribution in [0.4, 0.5) is 5.82 Å². The van der Waals surface area contributed by atoms with E-state index >= 15 is 0 Å². The fourth-order valence-electron chi connectivity index (χ4n) is 3.36. The lowest BCUT2D eigenvalue weighted by atomic mass is 9.96. The third-order valence-corrected chi connectivity index (χ3v) is 5.48. The van der Waals surface area contributed by atoms with E-state index in [2.05, 4.69) is 27.6 Å².